The Bertz CT molecular complexity index is 50.2. The van der Waals surface area contributed by atoms with Crippen LogP contribution in [0.5, 0.6) is 0 Å². The summed E-state index contributed by atoms with van der Waals surface area (Å²) in [7, 11) is 0. The summed E-state index contributed by atoms with van der Waals surface area (Å²) < 4.78 is 11.7. The normalized spacial score (nSPS) is 18.9. The third kappa shape index (κ3) is 4.20. The van der Waals surface area contributed by atoms with Crippen molar-refractivity contribution in [3.63, 3.8) is 0 Å². The highest BCUT2D eigenvalue weighted by atomic mass is 127. The van der Waals surface area contributed by atoms with E-state index in [1.165, 1.54) is 0 Å². The highest BCUT2D eigenvalue weighted by molar-refractivity contribution is 14.1. The third-order valence-corrected chi connectivity index (χ3v) is 3.56. The molecular formula is C3H4ClFI2. The average molecular weight is 348 g/mol. The summed E-state index contributed by atoms with van der Waals surface area (Å²) in [5.74, 6) is 0. The second-order valence-electron chi connectivity index (χ2n) is 1.00. The lowest BCUT2D eigenvalue weighted by Crippen LogP contribution is -2.08. The van der Waals surface area contributed by atoms with E-state index in [1.807, 2.05) is 0 Å². The number of rotatable bonds is 2. The van der Waals surface area contributed by atoms with Gasteiger partial charge in [0.25, 0.3) is 0 Å². The van der Waals surface area contributed by atoms with Crippen LogP contribution < -0.4 is 0 Å². The molecule has 0 saturated heterocycles. The molecule has 0 aromatic carbocycles. The SMILES string of the molecule is FC(I)C(Cl)CI. The average Bonchev–Trinajstić information content (AvgIpc) is 1.65. The van der Waals surface area contributed by atoms with Crippen molar-refractivity contribution in [2.75, 3.05) is 4.43 Å². The summed E-state index contributed by atoms with van der Waals surface area (Å²) in [6.45, 7) is 0. The van der Waals surface area contributed by atoms with Gasteiger partial charge in [0.2, 0.25) is 0 Å². The summed E-state index contributed by atoms with van der Waals surface area (Å²) in [6.07, 6.45) is 0. The quantitative estimate of drug-likeness (QED) is 0.532. The van der Waals surface area contributed by atoms with Gasteiger partial charge in [-0.05, 0) is 22.6 Å². The molecular weight excluding hydrogens is 344 g/mol. The Hall–Kier alpha value is 1.68. The van der Waals surface area contributed by atoms with E-state index in [0.717, 1.165) is 0 Å². The predicted molar refractivity (Wildman–Crippen MR) is 47.4 cm³/mol. The zero-order chi connectivity index (χ0) is 5.86. The maximum absolute atomic E-state index is 11.9. The number of hydrogen-bond donors (Lipinski definition) is 0. The minimum Gasteiger partial charge on any atom is -0.234 e. The molecule has 0 bridgehead atoms. The van der Waals surface area contributed by atoms with Crippen molar-refractivity contribution in [2.24, 2.45) is 0 Å². The number of halogens is 4. The molecule has 2 atom stereocenters. The summed E-state index contributed by atoms with van der Waals surface area (Å²) in [4.78, 5) is 0. The topological polar surface area (TPSA) is 0 Å². The minimum atomic E-state index is -0.906. The Morgan fingerprint density at radius 3 is 2.14 bits per heavy atom. The summed E-state index contributed by atoms with van der Waals surface area (Å²) in [5.41, 5.74) is 0. The van der Waals surface area contributed by atoms with Gasteiger partial charge in [-0.2, -0.15) is 0 Å². The summed E-state index contributed by atoms with van der Waals surface area (Å²) >= 11 is 9.13. The van der Waals surface area contributed by atoms with Crippen molar-refractivity contribution in [1.82, 2.24) is 0 Å². The number of hydrogen-bond acceptors (Lipinski definition) is 0. The zero-order valence-electron chi connectivity index (χ0n) is 3.37. The van der Waals surface area contributed by atoms with E-state index < -0.39 is 4.18 Å². The fraction of sp³-hybridized carbons (Fsp3) is 1.00. The van der Waals surface area contributed by atoms with Crippen molar-refractivity contribution in [2.45, 2.75) is 9.56 Å². The largest absolute Gasteiger partial charge is 0.234 e. The fourth-order valence-corrected chi connectivity index (χ4v) is 1.74. The molecule has 4 heteroatoms. The van der Waals surface area contributed by atoms with Gasteiger partial charge in [0.15, 0.2) is 4.18 Å². The first-order valence-electron chi connectivity index (χ1n) is 1.66. The van der Waals surface area contributed by atoms with Crippen molar-refractivity contribution in [3.8, 4) is 0 Å². The molecule has 0 spiro atoms. The molecule has 0 rings (SSSR count). The van der Waals surface area contributed by atoms with Crippen LogP contribution in [0.2, 0.25) is 0 Å². The smallest absolute Gasteiger partial charge is 0.168 e. The Morgan fingerprint density at radius 1 is 1.71 bits per heavy atom. The van der Waals surface area contributed by atoms with E-state index in [1.54, 1.807) is 22.6 Å². The first kappa shape index (κ1) is 8.68. The van der Waals surface area contributed by atoms with Crippen LogP contribution in [0.1, 0.15) is 0 Å². The zero-order valence-corrected chi connectivity index (χ0v) is 8.44. The summed E-state index contributed by atoms with van der Waals surface area (Å²) in [5, 5.41) is -0.318. The standard InChI is InChI=1S/C3H4ClFI2/c4-2(1-6)3(5)7/h2-3H,1H2. The van der Waals surface area contributed by atoms with E-state index in [2.05, 4.69) is 22.6 Å². The third-order valence-electron chi connectivity index (χ3n) is 0.421. The molecule has 0 aliphatic heterocycles. The molecule has 0 nitrogen and oxygen atoms in total. The van der Waals surface area contributed by atoms with Gasteiger partial charge < -0.3 is 0 Å². The van der Waals surface area contributed by atoms with E-state index in [4.69, 9.17) is 11.6 Å². The molecule has 0 N–H and O–H groups in total. The van der Waals surface area contributed by atoms with E-state index in [9.17, 15) is 4.39 Å². The maximum atomic E-state index is 11.9. The van der Waals surface area contributed by atoms with Crippen molar-refractivity contribution >= 4 is 56.8 Å². The van der Waals surface area contributed by atoms with E-state index >= 15 is 0 Å². The van der Waals surface area contributed by atoms with Gasteiger partial charge in [0.1, 0.15) is 0 Å². The predicted octanol–water partition coefficient (Wildman–Crippen LogP) is 2.76. The Morgan fingerprint density at radius 2 is 2.14 bits per heavy atom. The summed E-state index contributed by atoms with van der Waals surface area (Å²) in [6, 6.07) is 0. The van der Waals surface area contributed by atoms with Crippen molar-refractivity contribution in [3.05, 3.63) is 0 Å². The van der Waals surface area contributed by atoms with Crippen LogP contribution in [-0.4, -0.2) is 14.0 Å². The van der Waals surface area contributed by atoms with Gasteiger partial charge in [-0.25, -0.2) is 4.39 Å². The molecule has 2 unspecified atom stereocenters. The van der Waals surface area contributed by atoms with E-state index in [-0.39, 0.29) is 5.38 Å². The fourth-order valence-electron chi connectivity index (χ4n) is 0.0673. The molecule has 44 valence electrons. The molecule has 0 amide bonds. The first-order chi connectivity index (χ1) is 3.18. The minimum absolute atomic E-state index is 0.318. The van der Waals surface area contributed by atoms with Crippen LogP contribution in [0.3, 0.4) is 0 Å². The first-order valence-corrected chi connectivity index (χ1v) is 4.87. The molecule has 0 aliphatic carbocycles. The lowest BCUT2D eigenvalue weighted by Gasteiger charge is -2.01. The Balaban J connectivity index is 3.14. The molecule has 0 heterocycles. The van der Waals surface area contributed by atoms with Crippen molar-refractivity contribution < 1.29 is 4.39 Å². The van der Waals surface area contributed by atoms with Crippen LogP contribution in [0.15, 0.2) is 0 Å². The molecule has 0 saturated carbocycles. The van der Waals surface area contributed by atoms with Gasteiger partial charge in [-0.3, -0.25) is 0 Å². The Kier molecular flexibility index (Phi) is 5.64. The molecule has 0 radical (unpaired) electrons. The van der Waals surface area contributed by atoms with E-state index in [0.29, 0.717) is 4.43 Å². The van der Waals surface area contributed by atoms with Crippen molar-refractivity contribution in [1.29, 1.82) is 0 Å². The van der Waals surface area contributed by atoms with Gasteiger partial charge in [-0.15, -0.1) is 11.6 Å². The van der Waals surface area contributed by atoms with Crippen LogP contribution in [0.25, 0.3) is 0 Å². The highest BCUT2D eigenvalue weighted by Crippen LogP contribution is 2.15. The van der Waals surface area contributed by atoms with Crippen LogP contribution >= 0.6 is 56.8 Å². The molecule has 0 aromatic rings. The van der Waals surface area contributed by atoms with Gasteiger partial charge in [0.05, 0.1) is 5.38 Å². The van der Waals surface area contributed by atoms with Crippen LogP contribution in [0.4, 0.5) is 4.39 Å². The van der Waals surface area contributed by atoms with Gasteiger partial charge in [0, 0.05) is 4.43 Å². The highest BCUT2D eigenvalue weighted by Gasteiger charge is 2.11. The van der Waals surface area contributed by atoms with Gasteiger partial charge in [-0.1, -0.05) is 22.6 Å². The second kappa shape index (κ2) is 4.55. The van der Waals surface area contributed by atoms with Crippen LogP contribution in [-0.2, 0) is 0 Å². The maximum Gasteiger partial charge on any atom is 0.168 e. The monoisotopic (exact) mass is 348 g/mol. The molecule has 0 fully saturated rings. The van der Waals surface area contributed by atoms with Crippen LogP contribution in [0, 0.1) is 0 Å². The number of alkyl halides is 4. The lowest BCUT2D eigenvalue weighted by molar-refractivity contribution is 0.471. The molecule has 0 aliphatic rings. The molecule has 7 heavy (non-hydrogen) atoms. The second-order valence-corrected chi connectivity index (χ2v) is 3.64. The Labute approximate surface area is 74.5 Å². The van der Waals surface area contributed by atoms with Gasteiger partial charge >= 0.3 is 0 Å². The molecule has 0 aromatic heterocycles. The lowest BCUT2D eigenvalue weighted by atomic mass is 10.5.